The summed E-state index contributed by atoms with van der Waals surface area (Å²) in [4.78, 5) is 22.4. The standard InChI is InChI=1S/C19H16Cl2N4O2/c20-16-5-14(2-1-11(16)6-22)27-15-3-12-9-25(10-13(12)4-15)19(26)17-7-24-18(21)8-23-17/h1-2,5,7-8,12-13,15H,3-4,9-10H2/t12-,13+,15?. The number of nitrogens with zero attached hydrogens (tertiary/aromatic N) is 4. The lowest BCUT2D eigenvalue weighted by Crippen LogP contribution is -2.31. The number of hydrogen-bond acceptors (Lipinski definition) is 5. The topological polar surface area (TPSA) is 79.1 Å². The maximum atomic E-state index is 12.6. The van der Waals surface area contributed by atoms with Gasteiger partial charge in [-0.25, -0.2) is 9.97 Å². The van der Waals surface area contributed by atoms with Crippen molar-refractivity contribution < 1.29 is 9.53 Å². The fourth-order valence-electron chi connectivity index (χ4n) is 3.94. The zero-order valence-electron chi connectivity index (χ0n) is 14.3. The van der Waals surface area contributed by atoms with Crippen molar-refractivity contribution >= 4 is 29.1 Å². The van der Waals surface area contributed by atoms with Gasteiger partial charge in [-0.3, -0.25) is 4.79 Å². The van der Waals surface area contributed by atoms with E-state index in [0.29, 0.717) is 47.0 Å². The monoisotopic (exact) mass is 402 g/mol. The van der Waals surface area contributed by atoms with Gasteiger partial charge in [-0.2, -0.15) is 5.26 Å². The molecule has 2 aromatic rings. The summed E-state index contributed by atoms with van der Waals surface area (Å²) in [6, 6.07) is 7.16. The van der Waals surface area contributed by atoms with Gasteiger partial charge in [0.05, 0.1) is 29.1 Å². The number of aromatic nitrogens is 2. The highest BCUT2D eigenvalue weighted by Crippen LogP contribution is 2.40. The number of carbonyl (C=O) groups excluding carboxylic acids is 1. The minimum Gasteiger partial charge on any atom is -0.490 e. The Morgan fingerprint density at radius 3 is 2.52 bits per heavy atom. The van der Waals surface area contributed by atoms with Crippen LogP contribution in [0.3, 0.4) is 0 Å². The van der Waals surface area contributed by atoms with E-state index in [-0.39, 0.29) is 17.2 Å². The van der Waals surface area contributed by atoms with E-state index in [1.54, 1.807) is 18.2 Å². The molecule has 1 saturated heterocycles. The van der Waals surface area contributed by atoms with Gasteiger partial charge in [-0.05, 0) is 36.8 Å². The first-order chi connectivity index (χ1) is 13.0. The molecule has 27 heavy (non-hydrogen) atoms. The van der Waals surface area contributed by atoms with Gasteiger partial charge in [-0.15, -0.1) is 0 Å². The van der Waals surface area contributed by atoms with Crippen LogP contribution in [0.15, 0.2) is 30.6 Å². The lowest BCUT2D eigenvalue weighted by Gasteiger charge is -2.20. The number of benzene rings is 1. The van der Waals surface area contributed by atoms with Crippen LogP contribution in [0, 0.1) is 23.2 Å². The van der Waals surface area contributed by atoms with E-state index < -0.39 is 0 Å². The minimum atomic E-state index is -0.107. The molecular weight excluding hydrogens is 387 g/mol. The Bertz CT molecular complexity index is 899. The van der Waals surface area contributed by atoms with Crippen molar-refractivity contribution in [3.8, 4) is 11.8 Å². The van der Waals surface area contributed by atoms with Crippen LogP contribution in [0.25, 0.3) is 0 Å². The fraction of sp³-hybridized carbons (Fsp3) is 0.368. The Kier molecular flexibility index (Phi) is 4.90. The molecule has 0 bridgehead atoms. The molecule has 1 aromatic heterocycles. The summed E-state index contributed by atoms with van der Waals surface area (Å²) in [5.74, 6) is 1.39. The van der Waals surface area contributed by atoms with Crippen molar-refractivity contribution in [1.29, 1.82) is 5.26 Å². The largest absolute Gasteiger partial charge is 0.490 e. The molecule has 2 heterocycles. The second kappa shape index (κ2) is 7.34. The van der Waals surface area contributed by atoms with E-state index in [2.05, 4.69) is 9.97 Å². The Morgan fingerprint density at radius 2 is 1.93 bits per heavy atom. The number of ether oxygens (including phenoxy) is 1. The first-order valence-corrected chi connectivity index (χ1v) is 9.42. The molecule has 1 saturated carbocycles. The summed E-state index contributed by atoms with van der Waals surface area (Å²) >= 11 is 11.8. The Morgan fingerprint density at radius 1 is 1.19 bits per heavy atom. The van der Waals surface area contributed by atoms with Gasteiger partial charge >= 0.3 is 0 Å². The second-order valence-corrected chi connectivity index (χ2v) is 7.71. The molecule has 2 fully saturated rings. The molecule has 1 aliphatic heterocycles. The van der Waals surface area contributed by atoms with Gasteiger partial charge in [0, 0.05) is 19.2 Å². The number of likely N-dealkylation sites (tertiary alicyclic amines) is 1. The molecule has 138 valence electrons. The quantitative estimate of drug-likeness (QED) is 0.783. The van der Waals surface area contributed by atoms with Crippen LogP contribution in [-0.2, 0) is 0 Å². The maximum absolute atomic E-state index is 12.6. The molecule has 1 amide bonds. The minimum absolute atomic E-state index is 0.0941. The SMILES string of the molecule is N#Cc1ccc(OC2C[C@@H]3CN(C(=O)c4cnc(Cl)cn4)C[C@@H]3C2)cc1Cl. The van der Waals surface area contributed by atoms with Gasteiger partial charge in [0.1, 0.15) is 22.7 Å². The Labute approximate surface area is 166 Å². The smallest absolute Gasteiger partial charge is 0.274 e. The molecular formula is C19H16Cl2N4O2. The molecule has 6 nitrogen and oxygen atoms in total. The van der Waals surface area contributed by atoms with E-state index in [1.807, 2.05) is 11.0 Å². The van der Waals surface area contributed by atoms with Crippen molar-refractivity contribution in [2.45, 2.75) is 18.9 Å². The maximum Gasteiger partial charge on any atom is 0.274 e. The second-order valence-electron chi connectivity index (χ2n) is 6.92. The van der Waals surface area contributed by atoms with Crippen molar-refractivity contribution in [1.82, 2.24) is 14.9 Å². The van der Waals surface area contributed by atoms with E-state index in [9.17, 15) is 4.79 Å². The van der Waals surface area contributed by atoms with E-state index in [0.717, 1.165) is 12.8 Å². The lowest BCUT2D eigenvalue weighted by molar-refractivity contribution is 0.0763. The third-order valence-corrected chi connectivity index (χ3v) is 5.71. The Balaban J connectivity index is 1.35. The van der Waals surface area contributed by atoms with Crippen molar-refractivity contribution in [2.24, 2.45) is 11.8 Å². The molecule has 2 aliphatic rings. The van der Waals surface area contributed by atoms with E-state index in [4.69, 9.17) is 33.2 Å². The number of fused-ring (bicyclic) bond motifs is 1. The highest BCUT2D eigenvalue weighted by Gasteiger charge is 2.43. The van der Waals surface area contributed by atoms with E-state index in [1.165, 1.54) is 12.4 Å². The summed E-state index contributed by atoms with van der Waals surface area (Å²) in [5.41, 5.74) is 0.756. The molecule has 1 aromatic carbocycles. The molecule has 1 aliphatic carbocycles. The molecule has 3 atom stereocenters. The van der Waals surface area contributed by atoms with Crippen molar-refractivity contribution in [2.75, 3.05) is 13.1 Å². The highest BCUT2D eigenvalue weighted by molar-refractivity contribution is 6.31. The normalized spacial score (nSPS) is 23.7. The van der Waals surface area contributed by atoms with Crippen LogP contribution in [0.4, 0.5) is 0 Å². The lowest BCUT2D eigenvalue weighted by atomic mass is 10.0. The van der Waals surface area contributed by atoms with Gasteiger partial charge in [0.15, 0.2) is 0 Å². The number of amides is 1. The molecule has 8 heteroatoms. The van der Waals surface area contributed by atoms with Crippen molar-refractivity contribution in [3.63, 3.8) is 0 Å². The van der Waals surface area contributed by atoms with Crippen LogP contribution in [0.1, 0.15) is 28.9 Å². The zero-order chi connectivity index (χ0) is 19.0. The van der Waals surface area contributed by atoms with Crippen molar-refractivity contribution in [3.05, 3.63) is 52.0 Å². The third-order valence-electron chi connectivity index (χ3n) is 5.20. The van der Waals surface area contributed by atoms with Crippen LogP contribution < -0.4 is 4.74 Å². The summed E-state index contributed by atoms with van der Waals surface area (Å²) < 4.78 is 6.05. The molecule has 0 N–H and O–H groups in total. The van der Waals surface area contributed by atoms with Gasteiger partial charge in [0.25, 0.3) is 5.91 Å². The summed E-state index contributed by atoms with van der Waals surface area (Å²) in [7, 11) is 0. The molecule has 0 radical (unpaired) electrons. The number of nitriles is 1. The average molecular weight is 403 g/mol. The van der Waals surface area contributed by atoms with Gasteiger partial charge < -0.3 is 9.64 Å². The Hall–Kier alpha value is -2.36. The number of rotatable bonds is 3. The molecule has 4 rings (SSSR count). The van der Waals surface area contributed by atoms with Crippen LogP contribution in [-0.4, -0.2) is 40.0 Å². The predicted molar refractivity (Wildman–Crippen MR) is 99.7 cm³/mol. The molecule has 1 unspecified atom stereocenters. The first kappa shape index (κ1) is 18.0. The highest BCUT2D eigenvalue weighted by atomic mass is 35.5. The van der Waals surface area contributed by atoms with E-state index >= 15 is 0 Å². The van der Waals surface area contributed by atoms with Crippen LogP contribution >= 0.6 is 23.2 Å². The number of hydrogen-bond donors (Lipinski definition) is 0. The van der Waals surface area contributed by atoms with Crippen LogP contribution in [0.5, 0.6) is 5.75 Å². The third kappa shape index (κ3) is 3.71. The van der Waals surface area contributed by atoms with Gasteiger partial charge in [0.2, 0.25) is 0 Å². The number of carbonyl (C=O) groups is 1. The summed E-state index contributed by atoms with van der Waals surface area (Å²) in [6.45, 7) is 1.39. The molecule has 0 spiro atoms. The average Bonchev–Trinajstić information content (AvgIpc) is 3.20. The number of halogens is 2. The first-order valence-electron chi connectivity index (χ1n) is 8.66. The fourth-order valence-corrected chi connectivity index (χ4v) is 4.25. The van der Waals surface area contributed by atoms with Gasteiger partial charge in [-0.1, -0.05) is 23.2 Å². The summed E-state index contributed by atoms with van der Waals surface area (Å²) in [5, 5.41) is 9.61. The zero-order valence-corrected chi connectivity index (χ0v) is 15.8. The summed E-state index contributed by atoms with van der Waals surface area (Å²) in [6.07, 6.45) is 4.67. The van der Waals surface area contributed by atoms with Crippen LogP contribution in [0.2, 0.25) is 10.2 Å². The predicted octanol–water partition coefficient (Wildman–Crippen LogP) is 3.58.